The van der Waals surface area contributed by atoms with Crippen molar-refractivity contribution < 1.29 is 8.42 Å². The molecule has 1 heterocycles. The highest BCUT2D eigenvalue weighted by Gasteiger charge is 2.55. The van der Waals surface area contributed by atoms with Gasteiger partial charge in [-0.05, 0) is 61.8 Å². The van der Waals surface area contributed by atoms with Crippen molar-refractivity contribution in [3.8, 4) is 0 Å². The zero-order valence-electron chi connectivity index (χ0n) is 13.3. The lowest BCUT2D eigenvalue weighted by Gasteiger charge is -2.44. The maximum Gasteiger partial charge on any atom is 0.243 e. The van der Waals surface area contributed by atoms with Gasteiger partial charge in [0.2, 0.25) is 10.0 Å². The summed E-state index contributed by atoms with van der Waals surface area (Å²) in [5.74, 6) is 0. The van der Waals surface area contributed by atoms with Crippen LogP contribution < -0.4 is 0 Å². The van der Waals surface area contributed by atoms with Gasteiger partial charge in [0.1, 0.15) is 0 Å². The minimum Gasteiger partial charge on any atom is -0.207 e. The summed E-state index contributed by atoms with van der Waals surface area (Å²) in [4.78, 5) is 0.372. The Morgan fingerprint density at radius 1 is 1.26 bits per heavy atom. The molecule has 6 heteroatoms. The molecule has 0 bridgehead atoms. The average Bonchev–Trinajstić information content (AvgIpc) is 3.35. The summed E-state index contributed by atoms with van der Waals surface area (Å²) < 4.78 is 29.6. The number of sulfonamides is 1. The zero-order chi connectivity index (χ0) is 16.7. The number of hydrogen-bond acceptors (Lipinski definition) is 2. The molecule has 1 aliphatic heterocycles. The van der Waals surface area contributed by atoms with Gasteiger partial charge in [0.25, 0.3) is 0 Å². The van der Waals surface area contributed by atoms with Gasteiger partial charge >= 0.3 is 0 Å². The first-order chi connectivity index (χ1) is 10.9. The van der Waals surface area contributed by atoms with Gasteiger partial charge in [0, 0.05) is 21.5 Å². The summed E-state index contributed by atoms with van der Waals surface area (Å²) in [5, 5.41) is 0.567. The SMILES string of the molecule is CC[C@H]1CCC[C@@H](C2(CI)CC2)N1S(=O)(=O)c1ccc(Cl)cc1. The van der Waals surface area contributed by atoms with E-state index in [4.69, 9.17) is 11.6 Å². The molecule has 2 aliphatic rings. The fraction of sp³-hybridized carbons (Fsp3) is 0.647. The molecule has 2 atom stereocenters. The summed E-state index contributed by atoms with van der Waals surface area (Å²) in [5.41, 5.74) is 0.202. The van der Waals surface area contributed by atoms with Crippen LogP contribution in [0, 0.1) is 5.41 Å². The summed E-state index contributed by atoms with van der Waals surface area (Å²) in [7, 11) is -3.47. The number of alkyl halides is 1. The number of halogens is 2. The molecule has 1 aromatic carbocycles. The maximum absolute atomic E-state index is 13.3. The highest BCUT2D eigenvalue weighted by molar-refractivity contribution is 14.1. The first-order valence-electron chi connectivity index (χ1n) is 8.30. The summed E-state index contributed by atoms with van der Waals surface area (Å²) in [6.45, 7) is 2.10. The van der Waals surface area contributed by atoms with Crippen LogP contribution in [0.1, 0.15) is 45.4 Å². The Bertz CT molecular complexity index is 658. The standard InChI is InChI=1S/C17H23ClINO2S/c1-2-14-4-3-5-16(17(12-19)10-11-17)20(14)23(21,22)15-8-6-13(18)7-9-15/h6-9,14,16H,2-5,10-12H2,1H3/t14-,16-/m0/s1. The summed E-state index contributed by atoms with van der Waals surface area (Å²) >= 11 is 8.36. The second-order valence-corrected chi connectivity index (χ2v) is 9.84. The summed E-state index contributed by atoms with van der Waals surface area (Å²) in [6, 6.07) is 6.88. The molecule has 0 amide bonds. The van der Waals surface area contributed by atoms with Crippen molar-refractivity contribution in [3.63, 3.8) is 0 Å². The van der Waals surface area contributed by atoms with Gasteiger partial charge in [-0.2, -0.15) is 4.31 Å². The van der Waals surface area contributed by atoms with Crippen LogP contribution in [0.2, 0.25) is 5.02 Å². The van der Waals surface area contributed by atoms with Gasteiger partial charge in [-0.15, -0.1) is 0 Å². The lowest BCUT2D eigenvalue weighted by Crippen LogP contribution is -2.53. The number of piperidine rings is 1. The summed E-state index contributed by atoms with van der Waals surface area (Å²) in [6.07, 6.45) is 6.28. The van der Waals surface area contributed by atoms with Crippen molar-refractivity contribution in [1.29, 1.82) is 0 Å². The molecule has 3 nitrogen and oxygen atoms in total. The van der Waals surface area contributed by atoms with Gasteiger partial charge in [-0.3, -0.25) is 0 Å². The van der Waals surface area contributed by atoms with E-state index in [1.165, 1.54) is 0 Å². The lowest BCUT2D eigenvalue weighted by molar-refractivity contribution is 0.126. The van der Waals surface area contributed by atoms with E-state index in [1.807, 2.05) is 4.31 Å². The van der Waals surface area contributed by atoms with Crippen LogP contribution in [0.4, 0.5) is 0 Å². The van der Waals surface area contributed by atoms with Crippen molar-refractivity contribution in [2.24, 2.45) is 5.41 Å². The molecule has 0 radical (unpaired) electrons. The largest absolute Gasteiger partial charge is 0.243 e. The molecule has 1 aromatic rings. The molecule has 0 unspecified atom stereocenters. The topological polar surface area (TPSA) is 37.4 Å². The molecule has 3 rings (SSSR count). The van der Waals surface area contributed by atoms with Crippen LogP contribution in [0.25, 0.3) is 0 Å². The molecule has 23 heavy (non-hydrogen) atoms. The molecule has 0 N–H and O–H groups in total. The molecule has 2 fully saturated rings. The van der Waals surface area contributed by atoms with Crippen LogP contribution in [-0.2, 0) is 10.0 Å². The van der Waals surface area contributed by atoms with Crippen molar-refractivity contribution in [2.45, 2.75) is 62.4 Å². The quantitative estimate of drug-likeness (QED) is 0.457. The Hall–Kier alpha value is 0.150. The molecular weight excluding hydrogens is 445 g/mol. The molecule has 1 saturated carbocycles. The van der Waals surface area contributed by atoms with Gasteiger partial charge < -0.3 is 0 Å². The van der Waals surface area contributed by atoms with E-state index in [2.05, 4.69) is 29.5 Å². The van der Waals surface area contributed by atoms with Crippen molar-refractivity contribution in [2.75, 3.05) is 4.43 Å². The highest BCUT2D eigenvalue weighted by atomic mass is 127. The van der Waals surface area contributed by atoms with Crippen molar-refractivity contribution in [3.05, 3.63) is 29.3 Å². The predicted molar refractivity (Wildman–Crippen MR) is 103 cm³/mol. The van der Waals surface area contributed by atoms with E-state index < -0.39 is 10.0 Å². The number of nitrogens with zero attached hydrogens (tertiary/aromatic N) is 1. The van der Waals surface area contributed by atoms with Crippen LogP contribution in [0.3, 0.4) is 0 Å². The molecule has 0 spiro atoms. The molecule has 1 aliphatic carbocycles. The second kappa shape index (κ2) is 6.81. The van der Waals surface area contributed by atoms with E-state index in [1.54, 1.807) is 24.3 Å². The lowest BCUT2D eigenvalue weighted by atomic mass is 9.87. The van der Waals surface area contributed by atoms with E-state index in [-0.39, 0.29) is 17.5 Å². The molecule has 1 saturated heterocycles. The fourth-order valence-corrected chi connectivity index (χ4v) is 7.26. The van der Waals surface area contributed by atoms with E-state index >= 15 is 0 Å². The molecular formula is C17H23ClINO2S. The van der Waals surface area contributed by atoms with Crippen molar-refractivity contribution >= 4 is 44.2 Å². The fourth-order valence-electron chi connectivity index (χ4n) is 3.82. The van der Waals surface area contributed by atoms with Crippen molar-refractivity contribution in [1.82, 2.24) is 4.31 Å². The Kier molecular flexibility index (Phi) is 5.31. The van der Waals surface area contributed by atoms with E-state index in [9.17, 15) is 8.42 Å². The first-order valence-corrected chi connectivity index (χ1v) is 11.6. The van der Waals surface area contributed by atoms with Gasteiger partial charge in [0.15, 0.2) is 0 Å². The van der Waals surface area contributed by atoms with Crippen LogP contribution in [0.15, 0.2) is 29.2 Å². The van der Waals surface area contributed by atoms with Crippen LogP contribution in [-0.4, -0.2) is 29.2 Å². The van der Waals surface area contributed by atoms with E-state index in [0.717, 1.165) is 43.0 Å². The normalized spacial score (nSPS) is 27.8. The smallest absolute Gasteiger partial charge is 0.207 e. The molecule has 0 aromatic heterocycles. The average molecular weight is 468 g/mol. The third-order valence-electron chi connectivity index (χ3n) is 5.41. The Morgan fingerprint density at radius 2 is 1.91 bits per heavy atom. The Labute approximate surface area is 158 Å². The number of hydrogen-bond donors (Lipinski definition) is 0. The number of rotatable bonds is 5. The maximum atomic E-state index is 13.3. The third-order valence-corrected chi connectivity index (χ3v) is 9.15. The van der Waals surface area contributed by atoms with Gasteiger partial charge in [0.05, 0.1) is 4.90 Å². The minimum absolute atomic E-state index is 0.120. The number of benzene rings is 1. The first kappa shape index (κ1) is 18.0. The monoisotopic (exact) mass is 467 g/mol. The zero-order valence-corrected chi connectivity index (χ0v) is 17.1. The highest BCUT2D eigenvalue weighted by Crippen LogP contribution is 2.55. The molecule has 128 valence electrons. The predicted octanol–water partition coefficient (Wildman–Crippen LogP) is 4.88. The minimum atomic E-state index is -3.47. The third kappa shape index (κ3) is 3.31. The Morgan fingerprint density at radius 3 is 2.43 bits per heavy atom. The van der Waals surface area contributed by atoms with Gasteiger partial charge in [-0.25, -0.2) is 8.42 Å². The van der Waals surface area contributed by atoms with E-state index in [0.29, 0.717) is 9.92 Å². The van der Waals surface area contributed by atoms with Crippen LogP contribution >= 0.6 is 34.2 Å². The van der Waals surface area contributed by atoms with Gasteiger partial charge in [-0.1, -0.05) is 47.5 Å². The van der Waals surface area contributed by atoms with Crippen LogP contribution in [0.5, 0.6) is 0 Å². The Balaban J connectivity index is 2.01. The second-order valence-electron chi connectivity index (χ2n) is 6.79.